The molecule has 0 radical (unpaired) electrons. The Morgan fingerprint density at radius 3 is 2.43 bits per heavy atom. The molecule has 1 aliphatic heterocycles. The van der Waals surface area contributed by atoms with E-state index in [2.05, 4.69) is 5.32 Å². The van der Waals surface area contributed by atoms with Crippen LogP contribution in [0.15, 0.2) is 23.0 Å². The maximum absolute atomic E-state index is 12.8. The van der Waals surface area contributed by atoms with E-state index in [1.807, 2.05) is 18.2 Å². The van der Waals surface area contributed by atoms with Gasteiger partial charge in [-0.05, 0) is 55.7 Å². The number of imidazole rings is 1. The molecule has 1 atom stereocenters. The summed E-state index contributed by atoms with van der Waals surface area (Å²) >= 11 is 0. The van der Waals surface area contributed by atoms with Crippen LogP contribution in [0.25, 0.3) is 11.0 Å². The number of nitrogens with one attached hydrogen (secondary N) is 1. The standard InChI is InChI=1S/C20H23N3O5/c1-22-16-10-13(11-2-4-12(5-3-11)19(26)27)6-7-14(16)23(20(22)28)15-8-9-17(24)21-18(15)25/h6-7,10-12,15H,2-5,8-9H2,1H3,(H,26,27)(H,21,24,25). The number of piperidine rings is 1. The van der Waals surface area contributed by atoms with Crippen molar-refractivity contribution in [3.8, 4) is 0 Å². The number of aliphatic carboxylic acids is 1. The molecule has 1 unspecified atom stereocenters. The SMILES string of the molecule is Cn1c(=O)n(C2CCC(=O)NC2=O)c2ccc(C3CCC(C(=O)O)CC3)cc21. The third-order valence-electron chi connectivity index (χ3n) is 6.18. The average Bonchev–Trinajstić information content (AvgIpc) is 2.92. The average molecular weight is 385 g/mol. The van der Waals surface area contributed by atoms with Gasteiger partial charge in [0.05, 0.1) is 17.0 Å². The lowest BCUT2D eigenvalue weighted by Gasteiger charge is -2.26. The van der Waals surface area contributed by atoms with Crippen molar-refractivity contribution in [2.75, 3.05) is 0 Å². The Bertz CT molecular complexity index is 1030. The molecule has 148 valence electrons. The molecule has 2 N–H and O–H groups in total. The van der Waals surface area contributed by atoms with Crippen molar-refractivity contribution >= 4 is 28.8 Å². The molecule has 0 bridgehead atoms. The second-order valence-electron chi connectivity index (χ2n) is 7.81. The van der Waals surface area contributed by atoms with Gasteiger partial charge in [-0.25, -0.2) is 4.79 Å². The Balaban J connectivity index is 1.67. The minimum Gasteiger partial charge on any atom is -0.481 e. The molecule has 8 nitrogen and oxygen atoms in total. The minimum absolute atomic E-state index is 0.212. The maximum Gasteiger partial charge on any atom is 0.329 e. The van der Waals surface area contributed by atoms with Crippen LogP contribution in [-0.4, -0.2) is 32.0 Å². The highest BCUT2D eigenvalue weighted by atomic mass is 16.4. The molecule has 28 heavy (non-hydrogen) atoms. The quantitative estimate of drug-likeness (QED) is 0.781. The number of benzene rings is 1. The molecule has 2 aliphatic rings. The van der Waals surface area contributed by atoms with Crippen LogP contribution < -0.4 is 11.0 Å². The third kappa shape index (κ3) is 3.02. The molecular weight excluding hydrogens is 362 g/mol. The lowest BCUT2D eigenvalue weighted by molar-refractivity contribution is -0.143. The van der Waals surface area contributed by atoms with Crippen molar-refractivity contribution in [3.05, 3.63) is 34.2 Å². The molecule has 2 amide bonds. The van der Waals surface area contributed by atoms with Crippen LogP contribution >= 0.6 is 0 Å². The normalized spacial score (nSPS) is 25.7. The number of imide groups is 1. The fourth-order valence-corrected chi connectivity index (χ4v) is 4.54. The third-order valence-corrected chi connectivity index (χ3v) is 6.18. The van der Waals surface area contributed by atoms with Crippen LogP contribution in [0.5, 0.6) is 0 Å². The number of aryl methyl sites for hydroxylation is 1. The zero-order valence-corrected chi connectivity index (χ0v) is 15.7. The largest absolute Gasteiger partial charge is 0.481 e. The number of fused-ring (bicyclic) bond motifs is 1. The van der Waals surface area contributed by atoms with Crippen molar-refractivity contribution in [2.24, 2.45) is 13.0 Å². The molecule has 1 saturated carbocycles. The first-order chi connectivity index (χ1) is 13.4. The van der Waals surface area contributed by atoms with E-state index < -0.39 is 17.9 Å². The summed E-state index contributed by atoms with van der Waals surface area (Å²) in [6.45, 7) is 0. The van der Waals surface area contributed by atoms with Gasteiger partial charge in [-0.3, -0.25) is 28.8 Å². The zero-order chi connectivity index (χ0) is 20.0. The fourth-order valence-electron chi connectivity index (χ4n) is 4.54. The number of hydrogen-bond acceptors (Lipinski definition) is 4. The van der Waals surface area contributed by atoms with Crippen LogP contribution in [-0.2, 0) is 21.4 Å². The van der Waals surface area contributed by atoms with Gasteiger partial charge in [-0.1, -0.05) is 6.07 Å². The van der Waals surface area contributed by atoms with E-state index >= 15 is 0 Å². The maximum atomic E-state index is 12.8. The number of carboxylic acids is 1. The van der Waals surface area contributed by atoms with E-state index in [0.717, 1.165) is 23.9 Å². The number of carboxylic acid groups (broad SMARTS) is 1. The smallest absolute Gasteiger partial charge is 0.329 e. The Labute approximate surface area is 161 Å². The van der Waals surface area contributed by atoms with Crippen LogP contribution in [0.1, 0.15) is 56.0 Å². The predicted octanol–water partition coefficient (Wildman–Crippen LogP) is 1.68. The second-order valence-corrected chi connectivity index (χ2v) is 7.81. The summed E-state index contributed by atoms with van der Waals surface area (Å²) in [7, 11) is 1.68. The molecule has 0 spiro atoms. The Morgan fingerprint density at radius 2 is 1.79 bits per heavy atom. The number of carbonyl (C=O) groups is 3. The molecule has 1 saturated heterocycles. The van der Waals surface area contributed by atoms with E-state index in [9.17, 15) is 24.3 Å². The van der Waals surface area contributed by atoms with Crippen LogP contribution in [0.2, 0.25) is 0 Å². The van der Waals surface area contributed by atoms with Crippen molar-refractivity contribution in [1.29, 1.82) is 0 Å². The van der Waals surface area contributed by atoms with Gasteiger partial charge in [0.2, 0.25) is 11.8 Å². The second kappa shape index (κ2) is 6.92. The van der Waals surface area contributed by atoms with Crippen molar-refractivity contribution in [3.63, 3.8) is 0 Å². The number of aromatic nitrogens is 2. The minimum atomic E-state index is -0.724. The highest BCUT2D eigenvalue weighted by Gasteiger charge is 2.32. The van der Waals surface area contributed by atoms with Gasteiger partial charge in [0.1, 0.15) is 6.04 Å². The van der Waals surface area contributed by atoms with Crippen LogP contribution in [0.3, 0.4) is 0 Å². The van der Waals surface area contributed by atoms with E-state index in [1.165, 1.54) is 9.13 Å². The Hall–Kier alpha value is -2.90. The number of rotatable bonds is 3. The summed E-state index contributed by atoms with van der Waals surface area (Å²) in [5.74, 6) is -1.47. The van der Waals surface area contributed by atoms with Gasteiger partial charge in [0.25, 0.3) is 0 Å². The van der Waals surface area contributed by atoms with E-state index in [4.69, 9.17) is 0 Å². The van der Waals surface area contributed by atoms with E-state index in [1.54, 1.807) is 7.05 Å². The lowest BCUT2D eigenvalue weighted by Crippen LogP contribution is -2.44. The van der Waals surface area contributed by atoms with Gasteiger partial charge >= 0.3 is 11.7 Å². The summed E-state index contributed by atoms with van der Waals surface area (Å²) in [5, 5.41) is 11.5. The Kier molecular flexibility index (Phi) is 4.56. The van der Waals surface area contributed by atoms with E-state index in [-0.39, 0.29) is 29.9 Å². The molecule has 2 heterocycles. The summed E-state index contributed by atoms with van der Waals surface area (Å²) in [4.78, 5) is 47.7. The van der Waals surface area contributed by atoms with Crippen LogP contribution in [0, 0.1) is 5.92 Å². The molecule has 2 aromatic rings. The lowest BCUT2D eigenvalue weighted by atomic mass is 9.78. The highest BCUT2D eigenvalue weighted by molar-refractivity contribution is 6.00. The number of nitrogens with zero attached hydrogens (tertiary/aromatic N) is 2. The topological polar surface area (TPSA) is 110 Å². The van der Waals surface area contributed by atoms with Gasteiger partial charge in [-0.15, -0.1) is 0 Å². The molecule has 2 fully saturated rings. The predicted molar refractivity (Wildman–Crippen MR) is 101 cm³/mol. The number of carbonyl (C=O) groups excluding carboxylic acids is 2. The summed E-state index contributed by atoms with van der Waals surface area (Å²) in [6, 6.07) is 5.12. The van der Waals surface area contributed by atoms with Crippen molar-refractivity contribution in [1.82, 2.24) is 14.5 Å². The Morgan fingerprint density at radius 1 is 1.07 bits per heavy atom. The highest BCUT2D eigenvalue weighted by Crippen LogP contribution is 2.37. The first kappa shape index (κ1) is 18.5. The zero-order valence-electron chi connectivity index (χ0n) is 15.7. The summed E-state index contributed by atoms with van der Waals surface area (Å²) in [5.41, 5.74) is 2.22. The van der Waals surface area contributed by atoms with Crippen molar-refractivity contribution in [2.45, 2.75) is 50.5 Å². The molecule has 1 aromatic heterocycles. The summed E-state index contributed by atoms with van der Waals surface area (Å²) < 4.78 is 3.01. The van der Waals surface area contributed by atoms with Gasteiger partial charge in [-0.2, -0.15) is 0 Å². The monoisotopic (exact) mass is 385 g/mol. The summed E-state index contributed by atoms with van der Waals surface area (Å²) in [6.07, 6.45) is 3.46. The van der Waals surface area contributed by atoms with Gasteiger partial charge in [0.15, 0.2) is 0 Å². The number of amides is 2. The molecule has 1 aromatic carbocycles. The first-order valence-corrected chi connectivity index (χ1v) is 9.64. The first-order valence-electron chi connectivity index (χ1n) is 9.64. The van der Waals surface area contributed by atoms with Gasteiger partial charge < -0.3 is 5.11 Å². The molecule has 1 aliphatic carbocycles. The fraction of sp³-hybridized carbons (Fsp3) is 0.500. The van der Waals surface area contributed by atoms with E-state index in [0.29, 0.717) is 24.8 Å². The molecular formula is C20H23N3O5. The van der Waals surface area contributed by atoms with Crippen LogP contribution in [0.4, 0.5) is 0 Å². The molecule has 8 heteroatoms. The number of hydrogen-bond donors (Lipinski definition) is 2. The van der Waals surface area contributed by atoms with Crippen molar-refractivity contribution < 1.29 is 19.5 Å². The van der Waals surface area contributed by atoms with Gasteiger partial charge in [0, 0.05) is 13.5 Å². The molecule has 4 rings (SSSR count).